The van der Waals surface area contributed by atoms with Crippen LogP contribution in [0.2, 0.25) is 0 Å². The molecule has 0 aliphatic rings. The van der Waals surface area contributed by atoms with Gasteiger partial charge in [-0.25, -0.2) is 0 Å². The average molecular weight is 720 g/mol. The first kappa shape index (κ1) is 37.3. The van der Waals surface area contributed by atoms with Crippen LogP contribution in [0.1, 0.15) is 34.6 Å². The minimum absolute atomic E-state index is 0.863. The minimum atomic E-state index is 0.863. The predicted molar refractivity (Wildman–Crippen MR) is 240 cm³/mol. The van der Waals surface area contributed by atoms with Crippen molar-refractivity contribution >= 4 is 17.1 Å². The van der Waals surface area contributed by atoms with E-state index >= 15 is 0 Å². The number of anilines is 3. The Morgan fingerprint density at radius 2 is 0.691 bits per heavy atom. The highest BCUT2D eigenvalue weighted by Gasteiger charge is 2.17. The Morgan fingerprint density at radius 1 is 0.327 bits per heavy atom. The molecule has 0 atom stereocenters. The van der Waals surface area contributed by atoms with E-state index in [4.69, 9.17) is 0 Å². The lowest BCUT2D eigenvalue weighted by Crippen LogP contribution is -2.21. The van der Waals surface area contributed by atoms with Gasteiger partial charge in [0.2, 0.25) is 0 Å². The number of hydrogen-bond acceptors (Lipinski definition) is 3. The monoisotopic (exact) mass is 719 g/mol. The van der Waals surface area contributed by atoms with Crippen LogP contribution in [0.5, 0.6) is 0 Å². The van der Waals surface area contributed by atoms with Crippen molar-refractivity contribution in [1.82, 2.24) is 0 Å². The van der Waals surface area contributed by atoms with Gasteiger partial charge in [-0.1, -0.05) is 109 Å². The van der Waals surface area contributed by atoms with Crippen molar-refractivity contribution in [2.24, 2.45) is 0 Å². The highest BCUT2D eigenvalue weighted by Crippen LogP contribution is 2.43. The summed E-state index contributed by atoms with van der Waals surface area (Å²) in [6.45, 7) is 15.8. The molecule has 276 valence electrons. The third-order valence-corrected chi connectivity index (χ3v) is 10.8. The first-order chi connectivity index (χ1) is 27.0. The van der Waals surface area contributed by atoms with Gasteiger partial charge in [-0.2, -0.15) is 0 Å². The van der Waals surface area contributed by atoms with E-state index in [9.17, 15) is 0 Å². The van der Waals surface area contributed by atoms with E-state index in [0.717, 1.165) is 38.4 Å². The zero-order valence-corrected chi connectivity index (χ0v) is 33.0. The van der Waals surface area contributed by atoms with Gasteiger partial charge in [-0.05, 0) is 156 Å². The Hall–Kier alpha value is -6.06. The molecule has 3 nitrogen and oxygen atoms in total. The molecule has 0 spiro atoms. The van der Waals surface area contributed by atoms with Crippen LogP contribution in [-0.4, -0.2) is 32.7 Å². The second-order valence-electron chi connectivity index (χ2n) is 14.0. The van der Waals surface area contributed by atoms with Gasteiger partial charge in [0.1, 0.15) is 0 Å². The van der Waals surface area contributed by atoms with Crippen LogP contribution in [0.15, 0.2) is 164 Å². The van der Waals surface area contributed by atoms with Gasteiger partial charge in [0.15, 0.2) is 0 Å². The van der Waals surface area contributed by atoms with E-state index in [-0.39, 0.29) is 0 Å². The second-order valence-corrected chi connectivity index (χ2v) is 14.0. The minimum Gasteiger partial charge on any atom is -0.385 e. The van der Waals surface area contributed by atoms with Gasteiger partial charge in [0.05, 0.1) is 0 Å². The fourth-order valence-corrected chi connectivity index (χ4v) is 7.91. The van der Waals surface area contributed by atoms with Gasteiger partial charge < -0.3 is 15.1 Å². The van der Waals surface area contributed by atoms with Crippen molar-refractivity contribution in [3.8, 4) is 66.8 Å². The molecule has 0 saturated heterocycles. The zero-order chi connectivity index (χ0) is 38.1. The number of nitrogens with zero attached hydrogens (tertiary/aromatic N) is 2. The van der Waals surface area contributed by atoms with Crippen molar-refractivity contribution < 1.29 is 0 Å². The maximum atomic E-state index is 3.58. The van der Waals surface area contributed by atoms with Gasteiger partial charge in [-0.3, -0.25) is 0 Å². The topological polar surface area (TPSA) is 18.5 Å². The Kier molecular flexibility index (Phi) is 11.8. The SMILES string of the molecule is CCNc1ccc(-c2cc(-c3ccccc3-c3ccccc3)cc(-c3ccccc3-c3ccc(N(CC)CC)cc3)c2)c(-c2ccc(N(CC)CC)cc2)c1. The lowest BCUT2D eigenvalue weighted by molar-refractivity contribution is 0.866. The molecule has 0 fully saturated rings. The summed E-state index contributed by atoms with van der Waals surface area (Å²) in [5, 5.41) is 3.58. The maximum absolute atomic E-state index is 3.58. The fraction of sp³-hybridized carbons (Fsp3) is 0.192. The Balaban J connectivity index is 1.44. The number of benzene rings is 7. The highest BCUT2D eigenvalue weighted by molar-refractivity contribution is 5.94. The second kappa shape index (κ2) is 17.4. The molecule has 0 aromatic heterocycles. The molecule has 0 saturated carbocycles. The quantitative estimate of drug-likeness (QED) is 0.121. The van der Waals surface area contributed by atoms with Crippen LogP contribution in [-0.2, 0) is 0 Å². The molecule has 0 aliphatic heterocycles. The molecule has 7 aromatic carbocycles. The van der Waals surface area contributed by atoms with Crippen LogP contribution >= 0.6 is 0 Å². The summed E-state index contributed by atoms with van der Waals surface area (Å²) >= 11 is 0. The van der Waals surface area contributed by atoms with Crippen molar-refractivity contribution in [3.05, 3.63) is 164 Å². The third-order valence-electron chi connectivity index (χ3n) is 10.8. The molecule has 1 N–H and O–H groups in total. The van der Waals surface area contributed by atoms with E-state index < -0.39 is 0 Å². The van der Waals surface area contributed by atoms with E-state index in [1.54, 1.807) is 0 Å². The number of hydrogen-bond donors (Lipinski definition) is 1. The lowest BCUT2D eigenvalue weighted by Gasteiger charge is -2.22. The molecular weight excluding hydrogens is 667 g/mol. The van der Waals surface area contributed by atoms with Crippen LogP contribution in [0.3, 0.4) is 0 Å². The molecule has 0 radical (unpaired) electrons. The summed E-state index contributed by atoms with van der Waals surface area (Å²) in [4.78, 5) is 4.79. The molecule has 0 heterocycles. The summed E-state index contributed by atoms with van der Waals surface area (Å²) in [6, 6.07) is 60.7. The lowest BCUT2D eigenvalue weighted by atomic mass is 9.86. The van der Waals surface area contributed by atoms with E-state index in [2.05, 4.69) is 214 Å². The maximum Gasteiger partial charge on any atom is 0.0366 e. The molecule has 3 heteroatoms. The zero-order valence-electron chi connectivity index (χ0n) is 33.0. The smallest absolute Gasteiger partial charge is 0.0366 e. The van der Waals surface area contributed by atoms with Gasteiger partial charge in [0, 0.05) is 49.8 Å². The van der Waals surface area contributed by atoms with Gasteiger partial charge in [0.25, 0.3) is 0 Å². The molecule has 0 aliphatic carbocycles. The molecule has 7 rings (SSSR count). The van der Waals surface area contributed by atoms with E-state index in [1.165, 1.54) is 78.1 Å². The van der Waals surface area contributed by atoms with Crippen LogP contribution in [0.25, 0.3) is 66.8 Å². The predicted octanol–water partition coefficient (Wildman–Crippen LogP) is 13.8. The summed E-state index contributed by atoms with van der Waals surface area (Å²) in [6.07, 6.45) is 0. The van der Waals surface area contributed by atoms with Crippen molar-refractivity contribution in [3.63, 3.8) is 0 Å². The molecule has 0 unspecified atom stereocenters. The number of nitrogens with one attached hydrogen (secondary N) is 1. The molecule has 0 bridgehead atoms. The Bertz CT molecular complexity index is 2320. The summed E-state index contributed by atoms with van der Waals surface area (Å²) in [5.74, 6) is 0. The highest BCUT2D eigenvalue weighted by atomic mass is 15.1. The molecular formula is C52H53N3. The van der Waals surface area contributed by atoms with Gasteiger partial charge >= 0.3 is 0 Å². The molecule has 0 amide bonds. The molecule has 7 aromatic rings. The first-order valence-electron chi connectivity index (χ1n) is 20.0. The summed E-state index contributed by atoms with van der Waals surface area (Å²) in [7, 11) is 0. The standard InChI is InChI=1S/C52H53N3/c1-6-53-44-28-33-51(52(37-44)40-26-31-46(32-27-40)55(9-4)10-5)43-35-41(49-22-16-14-20-47(49)38-18-12-11-13-19-38)34-42(36-43)50-23-17-15-21-48(50)39-24-29-45(30-25-39)54(7-2)8-3/h11-37,53H,6-10H2,1-5H3. The van der Waals surface area contributed by atoms with Crippen LogP contribution < -0.4 is 15.1 Å². The summed E-state index contributed by atoms with van der Waals surface area (Å²) in [5.41, 5.74) is 18.1. The fourth-order valence-electron chi connectivity index (χ4n) is 7.91. The third kappa shape index (κ3) is 8.07. The van der Waals surface area contributed by atoms with Gasteiger partial charge in [-0.15, -0.1) is 0 Å². The summed E-state index contributed by atoms with van der Waals surface area (Å²) < 4.78 is 0. The van der Waals surface area contributed by atoms with E-state index in [1.807, 2.05) is 0 Å². The first-order valence-corrected chi connectivity index (χ1v) is 20.0. The largest absolute Gasteiger partial charge is 0.385 e. The van der Waals surface area contributed by atoms with Crippen LogP contribution in [0.4, 0.5) is 17.1 Å². The van der Waals surface area contributed by atoms with Crippen LogP contribution in [0, 0.1) is 0 Å². The van der Waals surface area contributed by atoms with Crippen molar-refractivity contribution in [1.29, 1.82) is 0 Å². The Morgan fingerprint density at radius 3 is 1.11 bits per heavy atom. The average Bonchev–Trinajstić information content (AvgIpc) is 3.25. The molecule has 55 heavy (non-hydrogen) atoms. The number of rotatable bonds is 14. The van der Waals surface area contributed by atoms with Crippen molar-refractivity contribution in [2.75, 3.05) is 47.8 Å². The van der Waals surface area contributed by atoms with E-state index in [0.29, 0.717) is 0 Å². The normalized spacial score (nSPS) is 11.0. The van der Waals surface area contributed by atoms with Crippen molar-refractivity contribution in [2.45, 2.75) is 34.6 Å². The Labute approximate surface area is 328 Å².